The van der Waals surface area contributed by atoms with Gasteiger partial charge in [-0.25, -0.2) is 4.79 Å². The fraction of sp³-hybridized carbons (Fsp3) is 0.0952. The molecule has 3 nitrogen and oxygen atoms in total. The van der Waals surface area contributed by atoms with Crippen LogP contribution in [0.5, 0.6) is 0 Å². The van der Waals surface area contributed by atoms with Gasteiger partial charge in [-0.2, -0.15) is 0 Å². The number of methoxy groups -OCH3 is 1. The zero-order valence-electron chi connectivity index (χ0n) is 13.2. The van der Waals surface area contributed by atoms with Gasteiger partial charge in [0.25, 0.3) is 5.79 Å². The van der Waals surface area contributed by atoms with Gasteiger partial charge in [-0.05, 0) is 17.2 Å². The molecule has 3 heteroatoms. The number of ether oxygens (including phenoxy) is 2. The summed E-state index contributed by atoms with van der Waals surface area (Å²) in [6, 6.07) is 25.4. The van der Waals surface area contributed by atoms with Gasteiger partial charge in [0.1, 0.15) is 0 Å². The van der Waals surface area contributed by atoms with E-state index in [-0.39, 0.29) is 5.97 Å². The summed E-state index contributed by atoms with van der Waals surface area (Å²) in [5.41, 5.74) is 4.32. The summed E-state index contributed by atoms with van der Waals surface area (Å²) in [4.78, 5) is 12.2. The van der Waals surface area contributed by atoms with Crippen molar-refractivity contribution in [1.82, 2.24) is 0 Å². The second kappa shape index (κ2) is 5.62. The lowest BCUT2D eigenvalue weighted by Crippen LogP contribution is -2.30. The topological polar surface area (TPSA) is 35.5 Å². The van der Waals surface area contributed by atoms with E-state index in [1.807, 2.05) is 60.7 Å². The van der Waals surface area contributed by atoms with Gasteiger partial charge in [0.2, 0.25) is 0 Å². The molecular formula is C21H16O3. The Morgan fingerprint density at radius 2 is 1.42 bits per heavy atom. The molecule has 3 aromatic rings. The minimum Gasteiger partial charge on any atom is -0.420 e. The highest BCUT2D eigenvalue weighted by molar-refractivity contribution is 5.95. The third-order valence-electron chi connectivity index (χ3n) is 4.40. The highest BCUT2D eigenvalue weighted by Gasteiger charge is 2.47. The van der Waals surface area contributed by atoms with Crippen LogP contribution in [0.1, 0.15) is 21.5 Å². The zero-order chi connectivity index (χ0) is 16.6. The van der Waals surface area contributed by atoms with E-state index in [9.17, 15) is 4.79 Å². The lowest BCUT2D eigenvalue weighted by atomic mass is 9.94. The number of carbonyl (C=O) groups is 1. The number of rotatable bonds is 3. The number of fused-ring (bicyclic) bond motifs is 1. The van der Waals surface area contributed by atoms with Gasteiger partial charge in [0.05, 0.1) is 5.56 Å². The van der Waals surface area contributed by atoms with Crippen molar-refractivity contribution in [3.05, 3.63) is 95.6 Å². The monoisotopic (exact) mass is 316 g/mol. The molecule has 24 heavy (non-hydrogen) atoms. The molecule has 0 radical (unpaired) electrons. The number of hydrogen-bond acceptors (Lipinski definition) is 3. The van der Waals surface area contributed by atoms with E-state index in [1.54, 1.807) is 13.2 Å². The lowest BCUT2D eigenvalue weighted by molar-refractivity contribution is -0.154. The second-order valence-corrected chi connectivity index (χ2v) is 5.70. The summed E-state index contributed by atoms with van der Waals surface area (Å²) >= 11 is 0. The Balaban J connectivity index is 1.79. The number of cyclic esters (lactones) is 1. The Bertz CT molecular complexity index is 884. The predicted octanol–water partition coefficient (Wildman–Crippen LogP) is 4.37. The van der Waals surface area contributed by atoms with Crippen LogP contribution in [0.4, 0.5) is 0 Å². The van der Waals surface area contributed by atoms with Crippen molar-refractivity contribution in [2.75, 3.05) is 7.11 Å². The summed E-state index contributed by atoms with van der Waals surface area (Å²) in [6.07, 6.45) is 0. The molecule has 0 aromatic heterocycles. The third kappa shape index (κ3) is 2.14. The molecule has 0 spiro atoms. The van der Waals surface area contributed by atoms with Gasteiger partial charge < -0.3 is 9.47 Å². The summed E-state index contributed by atoms with van der Waals surface area (Å²) in [5.74, 6) is -1.54. The van der Waals surface area contributed by atoms with E-state index in [1.165, 1.54) is 0 Å². The highest BCUT2D eigenvalue weighted by atomic mass is 16.7. The first-order valence-electron chi connectivity index (χ1n) is 7.78. The van der Waals surface area contributed by atoms with E-state index in [2.05, 4.69) is 12.1 Å². The fourth-order valence-corrected chi connectivity index (χ4v) is 3.19. The minimum atomic E-state index is -1.18. The van der Waals surface area contributed by atoms with E-state index < -0.39 is 5.79 Å². The fourth-order valence-electron chi connectivity index (χ4n) is 3.19. The van der Waals surface area contributed by atoms with Gasteiger partial charge in [-0.15, -0.1) is 0 Å². The molecule has 0 amide bonds. The Kier molecular flexibility index (Phi) is 3.44. The first-order chi connectivity index (χ1) is 11.7. The van der Waals surface area contributed by atoms with E-state index in [4.69, 9.17) is 9.47 Å². The first kappa shape index (κ1) is 14.7. The quantitative estimate of drug-likeness (QED) is 0.673. The maximum atomic E-state index is 12.2. The van der Waals surface area contributed by atoms with Crippen LogP contribution >= 0.6 is 0 Å². The molecule has 0 saturated carbocycles. The van der Waals surface area contributed by atoms with Crippen LogP contribution < -0.4 is 0 Å². The van der Waals surface area contributed by atoms with Crippen molar-refractivity contribution in [2.24, 2.45) is 0 Å². The Hall–Kier alpha value is -2.91. The highest BCUT2D eigenvalue weighted by Crippen LogP contribution is 2.42. The molecule has 0 saturated heterocycles. The minimum absolute atomic E-state index is 0.361. The van der Waals surface area contributed by atoms with Gasteiger partial charge in [-0.3, -0.25) is 0 Å². The molecule has 3 aromatic carbocycles. The average Bonchev–Trinajstić information content (AvgIpc) is 2.96. The largest absolute Gasteiger partial charge is 0.420 e. The summed E-state index contributed by atoms with van der Waals surface area (Å²) in [6.45, 7) is 0. The molecule has 0 bridgehead atoms. The van der Waals surface area contributed by atoms with Crippen LogP contribution in [0, 0.1) is 0 Å². The average molecular weight is 316 g/mol. The molecule has 1 aliphatic rings. The third-order valence-corrected chi connectivity index (χ3v) is 4.40. The maximum Gasteiger partial charge on any atom is 0.341 e. The molecule has 0 aliphatic carbocycles. The Morgan fingerprint density at radius 1 is 0.792 bits per heavy atom. The van der Waals surface area contributed by atoms with Crippen molar-refractivity contribution in [3.63, 3.8) is 0 Å². The normalized spacial score (nSPS) is 19.0. The van der Waals surface area contributed by atoms with Gasteiger partial charge in [0, 0.05) is 18.2 Å². The second-order valence-electron chi connectivity index (χ2n) is 5.70. The van der Waals surface area contributed by atoms with Crippen LogP contribution in [-0.4, -0.2) is 13.1 Å². The summed E-state index contributed by atoms with van der Waals surface area (Å²) < 4.78 is 11.3. The van der Waals surface area contributed by atoms with Gasteiger partial charge in [0.15, 0.2) is 0 Å². The number of esters is 1. The van der Waals surface area contributed by atoms with Crippen LogP contribution in [0.25, 0.3) is 11.1 Å². The smallest absolute Gasteiger partial charge is 0.341 e. The van der Waals surface area contributed by atoms with Crippen molar-refractivity contribution in [3.8, 4) is 11.1 Å². The molecule has 118 valence electrons. The summed E-state index contributed by atoms with van der Waals surface area (Å²) in [5, 5.41) is 0. The van der Waals surface area contributed by atoms with E-state index in [0.29, 0.717) is 5.56 Å². The molecule has 1 atom stereocenters. The number of benzene rings is 3. The lowest BCUT2D eigenvalue weighted by Gasteiger charge is -2.27. The Morgan fingerprint density at radius 3 is 2.12 bits per heavy atom. The SMILES string of the molecule is COC1(c2ccc(-c3ccccc3)cc2)OC(=O)c2ccccc21. The molecular weight excluding hydrogens is 300 g/mol. The number of hydrogen-bond donors (Lipinski definition) is 0. The van der Waals surface area contributed by atoms with E-state index in [0.717, 1.165) is 22.3 Å². The zero-order valence-corrected chi connectivity index (χ0v) is 13.2. The maximum absolute atomic E-state index is 12.2. The van der Waals surface area contributed by atoms with Crippen molar-refractivity contribution in [2.45, 2.75) is 5.79 Å². The molecule has 1 heterocycles. The molecule has 0 N–H and O–H groups in total. The van der Waals surface area contributed by atoms with Crippen LogP contribution in [0.2, 0.25) is 0 Å². The van der Waals surface area contributed by atoms with Crippen LogP contribution in [0.15, 0.2) is 78.9 Å². The molecule has 1 aliphatic heterocycles. The summed E-state index contributed by atoms with van der Waals surface area (Å²) in [7, 11) is 1.56. The van der Waals surface area contributed by atoms with Crippen molar-refractivity contribution in [1.29, 1.82) is 0 Å². The standard InChI is InChI=1S/C21H16O3/c1-23-21(19-10-6-5-9-18(19)20(22)24-21)17-13-11-16(12-14-17)15-7-3-2-4-8-15/h2-14H,1H3. The van der Waals surface area contributed by atoms with Crippen molar-refractivity contribution >= 4 is 5.97 Å². The van der Waals surface area contributed by atoms with Crippen molar-refractivity contribution < 1.29 is 14.3 Å². The van der Waals surface area contributed by atoms with Gasteiger partial charge in [-0.1, -0.05) is 72.8 Å². The van der Waals surface area contributed by atoms with Crippen LogP contribution in [-0.2, 0) is 15.3 Å². The molecule has 1 unspecified atom stereocenters. The van der Waals surface area contributed by atoms with Gasteiger partial charge >= 0.3 is 5.97 Å². The predicted molar refractivity (Wildman–Crippen MR) is 91.5 cm³/mol. The number of carbonyl (C=O) groups excluding carboxylic acids is 1. The molecule has 4 rings (SSSR count). The molecule has 0 fully saturated rings. The first-order valence-corrected chi connectivity index (χ1v) is 7.78. The van der Waals surface area contributed by atoms with E-state index >= 15 is 0 Å². The Labute approximate surface area is 140 Å². The van der Waals surface area contributed by atoms with Crippen LogP contribution in [0.3, 0.4) is 0 Å².